The van der Waals surface area contributed by atoms with Gasteiger partial charge in [-0.25, -0.2) is 9.78 Å². The maximum absolute atomic E-state index is 12.8. The number of aromatic carboxylic acids is 1. The van der Waals surface area contributed by atoms with E-state index in [0.717, 1.165) is 29.0 Å². The Morgan fingerprint density at radius 2 is 1.89 bits per heavy atom. The van der Waals surface area contributed by atoms with Gasteiger partial charge in [0.05, 0.1) is 11.3 Å². The fourth-order valence-electron chi connectivity index (χ4n) is 3.88. The molecule has 0 atom stereocenters. The van der Waals surface area contributed by atoms with Crippen molar-refractivity contribution in [1.82, 2.24) is 24.6 Å². The van der Waals surface area contributed by atoms with Gasteiger partial charge in [0.1, 0.15) is 11.3 Å². The number of halogens is 1. The molecule has 0 radical (unpaired) electrons. The van der Waals surface area contributed by atoms with Gasteiger partial charge in [0.15, 0.2) is 6.29 Å². The molecule has 2 N–H and O–H groups in total. The molecule has 198 valence electrons. The number of amides is 1. The van der Waals surface area contributed by atoms with Crippen molar-refractivity contribution in [3.63, 3.8) is 0 Å². The number of aldehydes is 1. The van der Waals surface area contributed by atoms with Gasteiger partial charge in [-0.1, -0.05) is 31.5 Å². The standard InChI is InChI=1S/C18H14ClN3O2.C8H10N2O2.C2H6/c19-15-3-2-14-9-21(6-5-13(14)7-15)18(24)16-10-22-8-12(11-23)1-4-17(22)20-16;1-9-5-7-3-2-6(4-10-7)8(11)12;1-2/h1-4,7-8,10-11H,5-6,9H2;2-4,9H,5H2,1H3,(H,11,12);1-2H3. The third-order valence-corrected chi connectivity index (χ3v) is 5.96. The van der Waals surface area contributed by atoms with E-state index >= 15 is 0 Å². The predicted molar refractivity (Wildman–Crippen MR) is 146 cm³/mol. The summed E-state index contributed by atoms with van der Waals surface area (Å²) >= 11 is 6.02. The van der Waals surface area contributed by atoms with Crippen LogP contribution >= 0.6 is 11.6 Å². The van der Waals surface area contributed by atoms with Gasteiger partial charge in [0, 0.05) is 48.8 Å². The van der Waals surface area contributed by atoms with E-state index in [9.17, 15) is 14.4 Å². The molecule has 0 saturated heterocycles. The second kappa shape index (κ2) is 13.5. The molecule has 10 heteroatoms. The molecule has 1 aromatic carbocycles. The summed E-state index contributed by atoms with van der Waals surface area (Å²) in [4.78, 5) is 44.1. The molecule has 0 bridgehead atoms. The highest BCUT2D eigenvalue weighted by molar-refractivity contribution is 6.30. The third kappa shape index (κ3) is 7.02. The molecule has 0 saturated carbocycles. The van der Waals surface area contributed by atoms with Crippen LogP contribution in [0, 0.1) is 0 Å². The smallest absolute Gasteiger partial charge is 0.337 e. The molecule has 4 heterocycles. The van der Waals surface area contributed by atoms with Gasteiger partial charge in [-0.3, -0.25) is 14.6 Å². The first kappa shape index (κ1) is 28.5. The third-order valence-electron chi connectivity index (χ3n) is 5.73. The molecule has 4 aromatic rings. The van der Waals surface area contributed by atoms with Crippen LogP contribution in [-0.2, 0) is 19.5 Å². The molecule has 0 fully saturated rings. The van der Waals surface area contributed by atoms with Crippen molar-refractivity contribution in [2.24, 2.45) is 0 Å². The van der Waals surface area contributed by atoms with Crippen molar-refractivity contribution in [3.05, 3.63) is 99.7 Å². The van der Waals surface area contributed by atoms with Gasteiger partial charge in [0.25, 0.3) is 5.91 Å². The van der Waals surface area contributed by atoms with Gasteiger partial charge < -0.3 is 19.7 Å². The van der Waals surface area contributed by atoms with E-state index in [2.05, 4.69) is 15.3 Å². The van der Waals surface area contributed by atoms with E-state index in [4.69, 9.17) is 16.7 Å². The van der Waals surface area contributed by atoms with Gasteiger partial charge >= 0.3 is 5.97 Å². The maximum atomic E-state index is 12.8. The molecule has 5 rings (SSSR count). The minimum atomic E-state index is -0.946. The molecular formula is C28H30ClN5O4. The summed E-state index contributed by atoms with van der Waals surface area (Å²) in [6.45, 7) is 5.85. The Balaban J connectivity index is 0.000000242. The number of nitrogens with zero attached hydrogens (tertiary/aromatic N) is 4. The highest BCUT2D eigenvalue weighted by Crippen LogP contribution is 2.23. The second-order valence-corrected chi connectivity index (χ2v) is 8.67. The molecule has 0 aliphatic carbocycles. The predicted octanol–water partition coefficient (Wildman–Crippen LogP) is 4.52. The number of fused-ring (bicyclic) bond motifs is 2. The molecule has 0 unspecified atom stereocenters. The highest BCUT2D eigenvalue weighted by Gasteiger charge is 2.23. The Hall–Kier alpha value is -4.08. The SMILES string of the molecule is CC.CNCc1ccc(C(=O)O)cn1.O=Cc1ccc2nc(C(=O)N3CCc4cc(Cl)ccc4C3)cn2c1. The summed E-state index contributed by atoms with van der Waals surface area (Å²) in [5.41, 5.74) is 4.94. The Morgan fingerprint density at radius 3 is 2.55 bits per heavy atom. The number of benzene rings is 1. The molecule has 1 aliphatic heterocycles. The lowest BCUT2D eigenvalue weighted by atomic mass is 10.00. The second-order valence-electron chi connectivity index (χ2n) is 8.24. The van der Waals surface area contributed by atoms with Crippen molar-refractivity contribution in [2.75, 3.05) is 13.6 Å². The van der Waals surface area contributed by atoms with Crippen LogP contribution in [0.3, 0.4) is 0 Å². The number of aromatic nitrogens is 3. The van der Waals surface area contributed by atoms with E-state index in [1.165, 1.54) is 11.8 Å². The number of nitrogens with one attached hydrogen (secondary N) is 1. The van der Waals surface area contributed by atoms with Crippen molar-refractivity contribution >= 4 is 35.4 Å². The number of imidazole rings is 1. The lowest BCUT2D eigenvalue weighted by Gasteiger charge is -2.28. The Kier molecular flexibility index (Phi) is 10.1. The Bertz CT molecular complexity index is 1420. The number of pyridine rings is 2. The van der Waals surface area contributed by atoms with Gasteiger partial charge in [-0.05, 0) is 61.0 Å². The van der Waals surface area contributed by atoms with Crippen LogP contribution in [0.5, 0.6) is 0 Å². The lowest BCUT2D eigenvalue weighted by Crippen LogP contribution is -2.36. The molecule has 0 spiro atoms. The number of carbonyl (C=O) groups is 3. The number of hydrogen-bond donors (Lipinski definition) is 2. The lowest BCUT2D eigenvalue weighted by molar-refractivity contribution is 0.0694. The van der Waals surface area contributed by atoms with Crippen LogP contribution in [0.1, 0.15) is 61.9 Å². The molecule has 9 nitrogen and oxygen atoms in total. The zero-order valence-electron chi connectivity index (χ0n) is 21.5. The van der Waals surface area contributed by atoms with E-state index in [1.807, 2.05) is 39.1 Å². The average Bonchev–Trinajstić information content (AvgIpc) is 3.38. The largest absolute Gasteiger partial charge is 0.478 e. The Labute approximate surface area is 226 Å². The summed E-state index contributed by atoms with van der Waals surface area (Å²) < 4.78 is 1.70. The summed E-state index contributed by atoms with van der Waals surface area (Å²) in [5, 5.41) is 12.2. The number of carboxylic acids is 1. The first-order chi connectivity index (χ1) is 18.4. The average molecular weight is 536 g/mol. The number of rotatable bonds is 5. The van der Waals surface area contributed by atoms with E-state index in [-0.39, 0.29) is 11.5 Å². The van der Waals surface area contributed by atoms with E-state index < -0.39 is 5.97 Å². The first-order valence-electron chi connectivity index (χ1n) is 12.2. The van der Waals surface area contributed by atoms with Gasteiger partial charge in [-0.2, -0.15) is 0 Å². The summed E-state index contributed by atoms with van der Waals surface area (Å²) in [5.74, 6) is -1.05. The fraction of sp³-hybridized carbons (Fsp3) is 0.250. The van der Waals surface area contributed by atoms with Crippen molar-refractivity contribution in [2.45, 2.75) is 33.4 Å². The van der Waals surface area contributed by atoms with Gasteiger partial charge in [0.2, 0.25) is 0 Å². The first-order valence-corrected chi connectivity index (χ1v) is 12.6. The van der Waals surface area contributed by atoms with Crippen LogP contribution in [0.2, 0.25) is 5.02 Å². The van der Waals surface area contributed by atoms with Crippen LogP contribution < -0.4 is 5.32 Å². The van der Waals surface area contributed by atoms with Crippen LogP contribution in [0.25, 0.3) is 5.65 Å². The number of carbonyl (C=O) groups excluding carboxylic acids is 2. The zero-order chi connectivity index (χ0) is 27.7. The van der Waals surface area contributed by atoms with E-state index in [1.54, 1.807) is 46.0 Å². The van der Waals surface area contributed by atoms with E-state index in [0.29, 0.717) is 36.5 Å². The van der Waals surface area contributed by atoms with Crippen molar-refractivity contribution in [1.29, 1.82) is 0 Å². The molecule has 1 aliphatic rings. The normalized spacial score (nSPS) is 11.9. The highest BCUT2D eigenvalue weighted by atomic mass is 35.5. The molecule has 1 amide bonds. The molecular weight excluding hydrogens is 506 g/mol. The minimum Gasteiger partial charge on any atom is -0.478 e. The molecule has 38 heavy (non-hydrogen) atoms. The van der Waals surface area contributed by atoms with Crippen LogP contribution in [0.4, 0.5) is 0 Å². The Morgan fingerprint density at radius 1 is 1.11 bits per heavy atom. The fourth-order valence-corrected chi connectivity index (χ4v) is 4.07. The topological polar surface area (TPSA) is 117 Å². The summed E-state index contributed by atoms with van der Waals surface area (Å²) in [6, 6.07) is 12.4. The van der Waals surface area contributed by atoms with Crippen LogP contribution in [-0.4, -0.2) is 56.1 Å². The summed E-state index contributed by atoms with van der Waals surface area (Å²) in [6.07, 6.45) is 6.24. The van der Waals surface area contributed by atoms with Crippen molar-refractivity contribution in [3.8, 4) is 0 Å². The monoisotopic (exact) mass is 535 g/mol. The summed E-state index contributed by atoms with van der Waals surface area (Å²) in [7, 11) is 1.81. The maximum Gasteiger partial charge on any atom is 0.337 e. The number of hydrogen-bond acceptors (Lipinski definition) is 6. The number of carboxylic acid groups (broad SMARTS) is 1. The van der Waals surface area contributed by atoms with Crippen molar-refractivity contribution < 1.29 is 19.5 Å². The quantitative estimate of drug-likeness (QED) is 0.361. The molecule has 3 aromatic heterocycles. The van der Waals surface area contributed by atoms with Crippen LogP contribution in [0.15, 0.2) is 61.1 Å². The zero-order valence-corrected chi connectivity index (χ0v) is 22.3. The minimum absolute atomic E-state index is 0.105. The van der Waals surface area contributed by atoms with Gasteiger partial charge in [-0.15, -0.1) is 0 Å².